The first-order valence-electron chi connectivity index (χ1n) is 8.43. The van der Waals surface area contributed by atoms with Crippen LogP contribution >= 0.6 is 22.7 Å². The zero-order chi connectivity index (χ0) is 20.4. The molecule has 1 unspecified atom stereocenters. The Morgan fingerprint density at radius 1 is 1.29 bits per heavy atom. The Labute approximate surface area is 167 Å². The molecule has 28 heavy (non-hydrogen) atoms. The smallest absolute Gasteiger partial charge is 0.379 e. The molecule has 1 fully saturated rings. The molecule has 3 heterocycles. The first-order chi connectivity index (χ1) is 13.2. The number of aliphatic hydroxyl groups is 1. The monoisotopic (exact) mass is 436 g/mol. The highest BCUT2D eigenvalue weighted by Crippen LogP contribution is 2.43. The van der Waals surface area contributed by atoms with Crippen molar-refractivity contribution in [3.8, 4) is 0 Å². The lowest BCUT2D eigenvalue weighted by Crippen LogP contribution is -2.45. The van der Waals surface area contributed by atoms with Crippen molar-refractivity contribution in [3.63, 3.8) is 0 Å². The first kappa shape index (κ1) is 21.1. The van der Waals surface area contributed by atoms with Crippen molar-refractivity contribution < 1.29 is 27.8 Å². The molecule has 1 aliphatic rings. The summed E-state index contributed by atoms with van der Waals surface area (Å²) in [5.41, 5.74) is -2.29. The summed E-state index contributed by atoms with van der Waals surface area (Å²) in [4.78, 5) is 22.3. The summed E-state index contributed by atoms with van der Waals surface area (Å²) in [5, 5.41) is 15.3. The Bertz CT molecular complexity index is 820. The maximum absolute atomic E-state index is 13.5. The van der Waals surface area contributed by atoms with Crippen LogP contribution in [0.5, 0.6) is 0 Å². The van der Waals surface area contributed by atoms with Crippen molar-refractivity contribution >= 4 is 33.7 Å². The third kappa shape index (κ3) is 4.87. The van der Waals surface area contributed by atoms with Crippen LogP contribution in [0.25, 0.3) is 0 Å². The standard InChI is InChI=1S/C16H19F3N4O3S2/c1-10-8-27-13(20-10)15(25,16(17,18)19)6-12(24)22-14-21-11(9-28-14)7-23-2-4-26-5-3-23/h8-9,25H,2-7H2,1H3,(H,21,22,24). The van der Waals surface area contributed by atoms with Crippen LogP contribution in [0.15, 0.2) is 10.8 Å². The number of alkyl halides is 3. The number of amides is 1. The van der Waals surface area contributed by atoms with Crippen LogP contribution in [-0.2, 0) is 21.7 Å². The normalized spacial score (nSPS) is 18.0. The van der Waals surface area contributed by atoms with Crippen LogP contribution in [0, 0.1) is 6.92 Å². The lowest BCUT2D eigenvalue weighted by Gasteiger charge is -2.27. The fourth-order valence-electron chi connectivity index (χ4n) is 2.66. The summed E-state index contributed by atoms with van der Waals surface area (Å²) in [5.74, 6) is -0.986. The van der Waals surface area contributed by atoms with E-state index in [2.05, 4.69) is 20.2 Å². The van der Waals surface area contributed by atoms with Gasteiger partial charge in [-0.1, -0.05) is 0 Å². The second kappa shape index (κ2) is 8.41. The third-order valence-electron chi connectivity index (χ3n) is 4.15. The van der Waals surface area contributed by atoms with Gasteiger partial charge in [-0.25, -0.2) is 9.97 Å². The van der Waals surface area contributed by atoms with Gasteiger partial charge in [-0.2, -0.15) is 13.2 Å². The average Bonchev–Trinajstić information content (AvgIpc) is 3.24. The van der Waals surface area contributed by atoms with Crippen molar-refractivity contribution in [1.82, 2.24) is 14.9 Å². The number of anilines is 1. The van der Waals surface area contributed by atoms with Crippen LogP contribution in [-0.4, -0.2) is 58.4 Å². The highest BCUT2D eigenvalue weighted by Gasteiger charge is 2.58. The summed E-state index contributed by atoms with van der Waals surface area (Å²) in [6.45, 7) is 4.90. The van der Waals surface area contributed by atoms with E-state index in [4.69, 9.17) is 4.74 Å². The topological polar surface area (TPSA) is 87.6 Å². The van der Waals surface area contributed by atoms with Crippen LogP contribution < -0.4 is 5.32 Å². The number of thiazole rings is 2. The Morgan fingerprint density at radius 2 is 2.00 bits per heavy atom. The molecule has 0 bridgehead atoms. The molecule has 0 saturated carbocycles. The van der Waals surface area contributed by atoms with E-state index in [0.29, 0.717) is 42.5 Å². The molecular formula is C16H19F3N4O3S2. The van der Waals surface area contributed by atoms with Gasteiger partial charge in [-0.05, 0) is 6.92 Å². The second-order valence-corrected chi connectivity index (χ2v) is 8.13. The molecule has 2 N–H and O–H groups in total. The number of carbonyl (C=O) groups excluding carboxylic acids is 1. The van der Waals surface area contributed by atoms with E-state index in [0.717, 1.165) is 24.4 Å². The number of nitrogens with one attached hydrogen (secondary N) is 1. The van der Waals surface area contributed by atoms with Gasteiger partial charge >= 0.3 is 6.18 Å². The van der Waals surface area contributed by atoms with Gasteiger partial charge in [0.15, 0.2) is 5.13 Å². The number of halogens is 3. The van der Waals surface area contributed by atoms with Crippen LogP contribution in [0.1, 0.15) is 22.8 Å². The van der Waals surface area contributed by atoms with Crippen molar-refractivity contribution in [3.05, 3.63) is 27.2 Å². The number of rotatable bonds is 6. The summed E-state index contributed by atoms with van der Waals surface area (Å²) >= 11 is 1.79. The molecule has 2 aromatic heterocycles. The SMILES string of the molecule is Cc1csc(C(O)(CC(=O)Nc2nc(CN3CCOCC3)cs2)C(F)(F)F)n1. The Hall–Kier alpha value is -1.60. The summed E-state index contributed by atoms with van der Waals surface area (Å²) < 4.78 is 45.7. The highest BCUT2D eigenvalue weighted by atomic mass is 32.1. The zero-order valence-corrected chi connectivity index (χ0v) is 16.6. The summed E-state index contributed by atoms with van der Waals surface area (Å²) in [6, 6.07) is 0. The minimum atomic E-state index is -5.04. The van der Waals surface area contributed by atoms with Crippen molar-refractivity contribution in [2.75, 3.05) is 31.6 Å². The molecule has 3 rings (SSSR count). The van der Waals surface area contributed by atoms with Gasteiger partial charge in [0.05, 0.1) is 25.3 Å². The van der Waals surface area contributed by atoms with E-state index >= 15 is 0 Å². The van der Waals surface area contributed by atoms with E-state index in [1.165, 1.54) is 12.3 Å². The number of morpholine rings is 1. The van der Waals surface area contributed by atoms with Gasteiger partial charge < -0.3 is 15.2 Å². The van der Waals surface area contributed by atoms with Crippen molar-refractivity contribution in [1.29, 1.82) is 0 Å². The minimum absolute atomic E-state index is 0.188. The van der Waals surface area contributed by atoms with E-state index in [1.807, 2.05) is 0 Å². The third-order valence-corrected chi connectivity index (χ3v) is 6.06. The lowest BCUT2D eigenvalue weighted by atomic mass is 9.99. The summed E-state index contributed by atoms with van der Waals surface area (Å²) in [6.07, 6.45) is -6.24. The minimum Gasteiger partial charge on any atom is -0.379 e. The predicted molar refractivity (Wildman–Crippen MR) is 98.3 cm³/mol. The molecular weight excluding hydrogens is 417 g/mol. The number of carbonyl (C=O) groups is 1. The number of ether oxygens (including phenoxy) is 1. The number of hydrogen-bond donors (Lipinski definition) is 2. The maximum Gasteiger partial charge on any atom is 0.424 e. The number of nitrogens with zero attached hydrogens (tertiary/aromatic N) is 3. The van der Waals surface area contributed by atoms with Crippen LogP contribution in [0.2, 0.25) is 0 Å². The van der Waals surface area contributed by atoms with E-state index in [9.17, 15) is 23.1 Å². The van der Waals surface area contributed by atoms with Gasteiger partial charge in [0, 0.05) is 36.1 Å². The average molecular weight is 436 g/mol. The van der Waals surface area contributed by atoms with Crippen LogP contribution in [0.4, 0.5) is 18.3 Å². The molecule has 2 aromatic rings. The molecule has 0 spiro atoms. The van der Waals surface area contributed by atoms with E-state index in [1.54, 1.807) is 5.38 Å². The van der Waals surface area contributed by atoms with Gasteiger partial charge in [0.2, 0.25) is 11.5 Å². The number of aromatic nitrogens is 2. The largest absolute Gasteiger partial charge is 0.424 e. The quantitative estimate of drug-likeness (QED) is 0.724. The number of aryl methyl sites for hydroxylation is 1. The first-order valence-corrected chi connectivity index (χ1v) is 10.2. The Morgan fingerprint density at radius 3 is 2.61 bits per heavy atom. The molecule has 1 saturated heterocycles. The van der Waals surface area contributed by atoms with Gasteiger partial charge in [-0.15, -0.1) is 22.7 Å². The van der Waals surface area contributed by atoms with Gasteiger partial charge in [0.25, 0.3) is 0 Å². The summed E-state index contributed by atoms with van der Waals surface area (Å²) in [7, 11) is 0. The zero-order valence-electron chi connectivity index (χ0n) is 15.0. The highest BCUT2D eigenvalue weighted by molar-refractivity contribution is 7.14. The maximum atomic E-state index is 13.5. The fraction of sp³-hybridized carbons (Fsp3) is 0.562. The Balaban J connectivity index is 1.65. The van der Waals surface area contributed by atoms with E-state index < -0.39 is 29.1 Å². The van der Waals surface area contributed by atoms with E-state index in [-0.39, 0.29) is 5.13 Å². The molecule has 0 aliphatic carbocycles. The fourth-order valence-corrected chi connectivity index (χ4v) is 4.29. The molecule has 0 radical (unpaired) electrons. The van der Waals surface area contributed by atoms with Crippen LogP contribution in [0.3, 0.4) is 0 Å². The van der Waals surface area contributed by atoms with Gasteiger partial charge in [-0.3, -0.25) is 9.69 Å². The number of hydrogen-bond acceptors (Lipinski definition) is 8. The van der Waals surface area contributed by atoms with Gasteiger partial charge in [0.1, 0.15) is 5.01 Å². The second-order valence-electron chi connectivity index (χ2n) is 6.41. The Kier molecular flexibility index (Phi) is 6.34. The molecule has 0 aromatic carbocycles. The molecule has 1 amide bonds. The van der Waals surface area contributed by atoms with Crippen molar-refractivity contribution in [2.24, 2.45) is 0 Å². The molecule has 1 aliphatic heterocycles. The molecule has 7 nitrogen and oxygen atoms in total. The molecule has 12 heteroatoms. The predicted octanol–water partition coefficient (Wildman–Crippen LogP) is 2.52. The lowest BCUT2D eigenvalue weighted by molar-refractivity contribution is -0.266. The molecule has 154 valence electrons. The van der Waals surface area contributed by atoms with Crippen molar-refractivity contribution in [2.45, 2.75) is 31.7 Å². The molecule has 1 atom stereocenters.